The fourth-order valence-corrected chi connectivity index (χ4v) is 2.13. The summed E-state index contributed by atoms with van der Waals surface area (Å²) < 4.78 is 0. The molecule has 1 aliphatic heterocycles. The van der Waals surface area contributed by atoms with E-state index in [0.717, 1.165) is 25.9 Å². The summed E-state index contributed by atoms with van der Waals surface area (Å²) in [5.41, 5.74) is -0.295. The molecule has 0 radical (unpaired) electrons. The first-order valence-corrected chi connectivity index (χ1v) is 5.86. The normalized spacial score (nSPS) is 26.9. The van der Waals surface area contributed by atoms with Crippen molar-refractivity contribution in [2.75, 3.05) is 20.1 Å². The topological polar surface area (TPSA) is 56.1 Å². The Morgan fingerprint density at radius 3 is 2.88 bits per heavy atom. The molecular weight excluding hydrogens is 202 g/mol. The Hall–Kier alpha value is -1.08. The van der Waals surface area contributed by atoms with Gasteiger partial charge in [0, 0.05) is 19.6 Å². The van der Waals surface area contributed by atoms with E-state index in [0.29, 0.717) is 6.42 Å². The number of hydrogen-bond donors (Lipinski definition) is 1. The fourth-order valence-electron chi connectivity index (χ4n) is 2.13. The first kappa shape index (κ1) is 13.0. The van der Waals surface area contributed by atoms with Crippen molar-refractivity contribution >= 4 is 5.91 Å². The maximum atomic E-state index is 12.3. The van der Waals surface area contributed by atoms with Gasteiger partial charge < -0.3 is 10.2 Å². The first-order chi connectivity index (χ1) is 7.51. The second kappa shape index (κ2) is 5.31. The van der Waals surface area contributed by atoms with Crippen molar-refractivity contribution in [3.05, 3.63) is 0 Å². The van der Waals surface area contributed by atoms with Crippen LogP contribution in [0.15, 0.2) is 0 Å². The van der Waals surface area contributed by atoms with Crippen LogP contribution < -0.4 is 5.32 Å². The van der Waals surface area contributed by atoms with E-state index in [-0.39, 0.29) is 17.4 Å². The fraction of sp³-hybridized carbons (Fsp3) is 0.833. The van der Waals surface area contributed by atoms with Crippen molar-refractivity contribution in [3.63, 3.8) is 0 Å². The van der Waals surface area contributed by atoms with E-state index < -0.39 is 0 Å². The van der Waals surface area contributed by atoms with Gasteiger partial charge in [0.05, 0.1) is 17.9 Å². The van der Waals surface area contributed by atoms with Crippen LogP contribution in [0.3, 0.4) is 0 Å². The van der Waals surface area contributed by atoms with Gasteiger partial charge in [0.25, 0.3) is 0 Å². The second-order valence-electron chi connectivity index (χ2n) is 4.97. The molecule has 4 heteroatoms. The molecule has 2 atom stereocenters. The summed E-state index contributed by atoms with van der Waals surface area (Å²) in [6, 6.07) is 2.11. The molecule has 1 aliphatic rings. The summed E-state index contributed by atoms with van der Waals surface area (Å²) in [6.45, 7) is 5.67. The minimum Gasteiger partial charge on any atom is -0.342 e. The van der Waals surface area contributed by atoms with Crippen LogP contribution in [0.1, 0.15) is 33.1 Å². The molecule has 4 nitrogen and oxygen atoms in total. The molecule has 1 N–H and O–H groups in total. The van der Waals surface area contributed by atoms with Gasteiger partial charge in [-0.3, -0.25) is 4.79 Å². The molecule has 16 heavy (non-hydrogen) atoms. The van der Waals surface area contributed by atoms with Crippen molar-refractivity contribution < 1.29 is 4.79 Å². The van der Waals surface area contributed by atoms with E-state index in [1.165, 1.54) is 0 Å². The smallest absolute Gasteiger partial charge is 0.229 e. The molecule has 0 aromatic carbocycles. The minimum absolute atomic E-state index is 0.00347. The van der Waals surface area contributed by atoms with Crippen molar-refractivity contribution in [2.45, 2.75) is 39.2 Å². The molecule has 1 fully saturated rings. The zero-order valence-corrected chi connectivity index (χ0v) is 10.4. The molecule has 0 bridgehead atoms. The van der Waals surface area contributed by atoms with Crippen LogP contribution >= 0.6 is 0 Å². The number of nitriles is 1. The molecule has 0 aliphatic carbocycles. The Kier molecular flexibility index (Phi) is 4.31. The second-order valence-corrected chi connectivity index (χ2v) is 4.97. The van der Waals surface area contributed by atoms with Gasteiger partial charge in [-0.25, -0.2) is 0 Å². The highest BCUT2D eigenvalue weighted by molar-refractivity contribution is 5.82. The molecule has 1 heterocycles. The van der Waals surface area contributed by atoms with E-state index in [2.05, 4.69) is 11.4 Å². The van der Waals surface area contributed by atoms with Crippen LogP contribution in [0.4, 0.5) is 0 Å². The molecular formula is C12H21N3O. The van der Waals surface area contributed by atoms with Gasteiger partial charge in [-0.05, 0) is 33.2 Å². The number of carbonyl (C=O) groups is 1. The Morgan fingerprint density at radius 1 is 1.69 bits per heavy atom. The Bertz CT molecular complexity index is 289. The van der Waals surface area contributed by atoms with Crippen LogP contribution in [0.2, 0.25) is 0 Å². The molecule has 0 aromatic rings. The number of nitrogens with one attached hydrogen (secondary N) is 1. The van der Waals surface area contributed by atoms with Gasteiger partial charge in [-0.2, -0.15) is 5.26 Å². The summed E-state index contributed by atoms with van der Waals surface area (Å²) in [7, 11) is 1.80. The molecule has 1 saturated heterocycles. The molecule has 0 aromatic heterocycles. The minimum atomic E-state index is -0.295. The van der Waals surface area contributed by atoms with Crippen LogP contribution in [0.5, 0.6) is 0 Å². The molecule has 0 saturated carbocycles. The average molecular weight is 223 g/mol. The predicted octanol–water partition coefficient (Wildman–Crippen LogP) is 1.14. The zero-order valence-electron chi connectivity index (χ0n) is 10.4. The van der Waals surface area contributed by atoms with E-state index in [1.54, 1.807) is 11.9 Å². The van der Waals surface area contributed by atoms with E-state index in [1.807, 2.05) is 13.8 Å². The van der Waals surface area contributed by atoms with E-state index >= 15 is 0 Å². The van der Waals surface area contributed by atoms with Crippen molar-refractivity contribution in [1.82, 2.24) is 10.2 Å². The average Bonchev–Trinajstić information content (AvgIpc) is 2.28. The maximum absolute atomic E-state index is 12.3. The van der Waals surface area contributed by atoms with Crippen LogP contribution in [-0.2, 0) is 4.79 Å². The lowest BCUT2D eigenvalue weighted by Gasteiger charge is -2.37. The van der Waals surface area contributed by atoms with E-state index in [9.17, 15) is 4.79 Å². The molecule has 2 unspecified atom stereocenters. The SMILES string of the molecule is CC(CC#N)N(C)C(=O)C1(C)CCCNC1. The summed E-state index contributed by atoms with van der Waals surface area (Å²) in [5.74, 6) is 0.155. The molecule has 1 amide bonds. The first-order valence-electron chi connectivity index (χ1n) is 5.86. The Balaban J connectivity index is 2.65. The maximum Gasteiger partial charge on any atom is 0.229 e. The predicted molar refractivity (Wildman–Crippen MR) is 62.7 cm³/mol. The standard InChI is InChI=1S/C12H21N3O/c1-10(5-7-13)15(3)11(16)12(2)6-4-8-14-9-12/h10,14H,4-6,8-9H2,1-3H3. The van der Waals surface area contributed by atoms with Crippen LogP contribution in [-0.4, -0.2) is 37.0 Å². The van der Waals surface area contributed by atoms with Crippen molar-refractivity contribution in [1.29, 1.82) is 5.26 Å². The largest absolute Gasteiger partial charge is 0.342 e. The number of piperidine rings is 1. The van der Waals surface area contributed by atoms with Gasteiger partial charge in [-0.15, -0.1) is 0 Å². The monoisotopic (exact) mass is 223 g/mol. The third kappa shape index (κ3) is 2.73. The summed E-state index contributed by atoms with van der Waals surface area (Å²) >= 11 is 0. The van der Waals surface area contributed by atoms with Crippen LogP contribution in [0, 0.1) is 16.7 Å². The number of nitrogens with zero attached hydrogens (tertiary/aromatic N) is 2. The quantitative estimate of drug-likeness (QED) is 0.780. The van der Waals surface area contributed by atoms with Gasteiger partial charge in [0.15, 0.2) is 0 Å². The number of rotatable bonds is 3. The van der Waals surface area contributed by atoms with Gasteiger partial charge in [-0.1, -0.05) is 0 Å². The van der Waals surface area contributed by atoms with Gasteiger partial charge >= 0.3 is 0 Å². The number of hydrogen-bond acceptors (Lipinski definition) is 3. The van der Waals surface area contributed by atoms with Gasteiger partial charge in [0.1, 0.15) is 0 Å². The lowest BCUT2D eigenvalue weighted by Crippen LogP contribution is -2.51. The molecule has 0 spiro atoms. The third-order valence-electron chi connectivity index (χ3n) is 3.48. The summed E-state index contributed by atoms with van der Waals surface area (Å²) in [5, 5.41) is 11.9. The summed E-state index contributed by atoms with van der Waals surface area (Å²) in [6.07, 6.45) is 2.37. The van der Waals surface area contributed by atoms with Crippen molar-refractivity contribution in [3.8, 4) is 6.07 Å². The third-order valence-corrected chi connectivity index (χ3v) is 3.48. The lowest BCUT2D eigenvalue weighted by molar-refractivity contribution is -0.142. The highest BCUT2D eigenvalue weighted by atomic mass is 16.2. The number of amides is 1. The highest BCUT2D eigenvalue weighted by Gasteiger charge is 2.37. The Morgan fingerprint density at radius 2 is 2.38 bits per heavy atom. The number of carbonyl (C=O) groups excluding carboxylic acids is 1. The van der Waals surface area contributed by atoms with Crippen molar-refractivity contribution in [2.24, 2.45) is 5.41 Å². The van der Waals surface area contributed by atoms with Crippen LogP contribution in [0.25, 0.3) is 0 Å². The lowest BCUT2D eigenvalue weighted by atomic mass is 9.81. The highest BCUT2D eigenvalue weighted by Crippen LogP contribution is 2.28. The molecule has 1 rings (SSSR count). The van der Waals surface area contributed by atoms with E-state index in [4.69, 9.17) is 5.26 Å². The zero-order chi connectivity index (χ0) is 12.2. The van der Waals surface area contributed by atoms with Gasteiger partial charge in [0.2, 0.25) is 5.91 Å². The Labute approximate surface area is 97.6 Å². The summed E-state index contributed by atoms with van der Waals surface area (Å²) in [4.78, 5) is 14.0. The molecule has 90 valence electrons.